The van der Waals surface area contributed by atoms with Crippen molar-refractivity contribution in [3.8, 4) is 5.75 Å². The molecular formula is C23H25F3N2O6S. The summed E-state index contributed by atoms with van der Waals surface area (Å²) in [5.74, 6) is -0.650. The third kappa shape index (κ3) is 6.24. The first-order valence-corrected chi connectivity index (χ1v) is 11.7. The first-order valence-electron chi connectivity index (χ1n) is 10.9. The van der Waals surface area contributed by atoms with E-state index in [-0.39, 0.29) is 28.4 Å². The molecule has 2 amide bonds. The number of ether oxygens (including phenoxy) is 2. The van der Waals surface area contributed by atoms with Crippen LogP contribution < -0.4 is 10.1 Å². The number of carboxylic acid groups (broad SMARTS) is 1. The smallest absolute Gasteiger partial charge is 0.417 e. The summed E-state index contributed by atoms with van der Waals surface area (Å²) in [7, 11) is 0. The van der Waals surface area contributed by atoms with E-state index in [2.05, 4.69) is 5.32 Å². The summed E-state index contributed by atoms with van der Waals surface area (Å²) >= 11 is 0.985. The van der Waals surface area contributed by atoms with E-state index in [9.17, 15) is 32.7 Å². The van der Waals surface area contributed by atoms with Crippen molar-refractivity contribution in [3.63, 3.8) is 0 Å². The standard InChI is InChI=1S/C23H25F3N2O6S/c1-12(2)33-20(29)18-13(3)17(19(35-18)16-9-4-5-10-28(16)22(31)32)34-21(30)27-15-8-6-7-14(11-15)23(24,25)26/h6-8,11-12,16H,4-5,9-10H2,1-3H3,(H,27,30)(H,31,32). The van der Waals surface area contributed by atoms with Gasteiger partial charge in [0.1, 0.15) is 4.88 Å². The van der Waals surface area contributed by atoms with Crippen LogP contribution in [0.5, 0.6) is 5.75 Å². The predicted molar refractivity (Wildman–Crippen MR) is 122 cm³/mol. The van der Waals surface area contributed by atoms with Crippen molar-refractivity contribution in [3.05, 3.63) is 45.1 Å². The number of nitrogens with zero attached hydrogens (tertiary/aromatic N) is 1. The highest BCUT2D eigenvalue weighted by molar-refractivity contribution is 7.14. The molecule has 1 unspecified atom stereocenters. The molecule has 0 saturated carbocycles. The molecule has 2 heterocycles. The van der Waals surface area contributed by atoms with Crippen LogP contribution >= 0.6 is 11.3 Å². The van der Waals surface area contributed by atoms with E-state index in [1.165, 1.54) is 17.9 Å². The van der Waals surface area contributed by atoms with Crippen LogP contribution in [-0.4, -0.2) is 40.8 Å². The Hall–Kier alpha value is -3.28. The molecule has 1 aliphatic heterocycles. The van der Waals surface area contributed by atoms with Gasteiger partial charge < -0.3 is 19.5 Å². The second-order valence-electron chi connectivity index (χ2n) is 8.28. The molecule has 1 saturated heterocycles. The molecule has 0 spiro atoms. The lowest BCUT2D eigenvalue weighted by atomic mass is 10.00. The third-order valence-electron chi connectivity index (χ3n) is 5.33. The second kappa shape index (κ2) is 10.5. The van der Waals surface area contributed by atoms with Crippen molar-refractivity contribution < 1.29 is 42.1 Å². The maximum Gasteiger partial charge on any atom is 0.417 e. The topological polar surface area (TPSA) is 105 Å². The molecule has 0 aliphatic carbocycles. The van der Waals surface area contributed by atoms with Gasteiger partial charge in [-0.25, -0.2) is 14.4 Å². The molecule has 1 aromatic heterocycles. The number of carbonyl (C=O) groups excluding carboxylic acids is 2. The van der Waals surface area contributed by atoms with Crippen molar-refractivity contribution in [2.75, 3.05) is 11.9 Å². The molecule has 8 nitrogen and oxygen atoms in total. The van der Waals surface area contributed by atoms with Crippen LogP contribution in [0, 0.1) is 6.92 Å². The number of likely N-dealkylation sites (tertiary alicyclic amines) is 1. The quantitative estimate of drug-likeness (QED) is 0.444. The summed E-state index contributed by atoms with van der Waals surface area (Å²) in [6.07, 6.45) is -5.37. The number of carbonyl (C=O) groups is 3. The molecular weight excluding hydrogens is 489 g/mol. The lowest BCUT2D eigenvalue weighted by Gasteiger charge is -2.33. The summed E-state index contributed by atoms with van der Waals surface area (Å²) in [5.41, 5.74) is -0.796. The number of rotatable bonds is 5. The average Bonchev–Trinajstić information content (AvgIpc) is 3.09. The van der Waals surface area contributed by atoms with Gasteiger partial charge in [0, 0.05) is 17.8 Å². The molecule has 35 heavy (non-hydrogen) atoms. The van der Waals surface area contributed by atoms with E-state index in [1.807, 2.05) is 0 Å². The largest absolute Gasteiger partial charge is 0.465 e. The van der Waals surface area contributed by atoms with E-state index in [4.69, 9.17) is 9.47 Å². The van der Waals surface area contributed by atoms with Gasteiger partial charge in [-0.2, -0.15) is 13.2 Å². The minimum absolute atomic E-state index is 0.00617. The highest BCUT2D eigenvalue weighted by Gasteiger charge is 2.35. The fourth-order valence-corrected chi connectivity index (χ4v) is 5.04. The van der Waals surface area contributed by atoms with Crippen LogP contribution in [0.1, 0.15) is 64.8 Å². The zero-order valence-corrected chi connectivity index (χ0v) is 20.1. The summed E-state index contributed by atoms with van der Waals surface area (Å²) in [5, 5.41) is 11.9. The van der Waals surface area contributed by atoms with Crippen molar-refractivity contribution >= 4 is 35.2 Å². The molecule has 3 rings (SSSR count). The average molecular weight is 515 g/mol. The number of esters is 1. The van der Waals surface area contributed by atoms with E-state index < -0.39 is 42.0 Å². The van der Waals surface area contributed by atoms with Crippen molar-refractivity contribution in [2.45, 2.75) is 58.4 Å². The van der Waals surface area contributed by atoms with E-state index >= 15 is 0 Å². The SMILES string of the molecule is Cc1c(C(=O)OC(C)C)sc(C2CCCCN2C(=O)O)c1OC(=O)Nc1cccc(C(F)(F)F)c1. The Morgan fingerprint density at radius 3 is 2.57 bits per heavy atom. The Labute approximate surface area is 203 Å². The first-order chi connectivity index (χ1) is 16.4. The molecule has 12 heteroatoms. The van der Waals surface area contributed by atoms with Crippen LogP contribution in [-0.2, 0) is 10.9 Å². The second-order valence-corrected chi connectivity index (χ2v) is 9.34. The zero-order valence-electron chi connectivity index (χ0n) is 19.3. The van der Waals surface area contributed by atoms with E-state index in [0.29, 0.717) is 17.7 Å². The number of anilines is 1. The highest BCUT2D eigenvalue weighted by atomic mass is 32.1. The summed E-state index contributed by atoms with van der Waals surface area (Å²) in [4.78, 5) is 38.9. The van der Waals surface area contributed by atoms with Gasteiger partial charge in [0.15, 0.2) is 5.75 Å². The van der Waals surface area contributed by atoms with Gasteiger partial charge in [0.2, 0.25) is 0 Å². The fourth-order valence-electron chi connectivity index (χ4n) is 3.77. The third-order valence-corrected chi connectivity index (χ3v) is 6.68. The first kappa shape index (κ1) is 26.3. The number of benzene rings is 1. The number of piperidine rings is 1. The number of hydrogen-bond donors (Lipinski definition) is 2. The van der Waals surface area contributed by atoms with Crippen molar-refractivity contribution in [2.24, 2.45) is 0 Å². The van der Waals surface area contributed by atoms with Gasteiger partial charge in [-0.15, -0.1) is 11.3 Å². The minimum Gasteiger partial charge on any atom is -0.465 e. The number of halogens is 3. The van der Waals surface area contributed by atoms with Crippen molar-refractivity contribution in [1.29, 1.82) is 0 Å². The molecule has 1 fully saturated rings. The van der Waals surface area contributed by atoms with Gasteiger partial charge in [-0.3, -0.25) is 5.32 Å². The molecule has 1 aliphatic rings. The van der Waals surface area contributed by atoms with Crippen LogP contribution in [0.25, 0.3) is 0 Å². The van der Waals surface area contributed by atoms with Crippen LogP contribution in [0.4, 0.5) is 28.4 Å². The highest BCUT2D eigenvalue weighted by Crippen LogP contribution is 2.45. The van der Waals surface area contributed by atoms with Crippen LogP contribution in [0.2, 0.25) is 0 Å². The zero-order chi connectivity index (χ0) is 25.9. The Morgan fingerprint density at radius 1 is 1.23 bits per heavy atom. The fraction of sp³-hybridized carbons (Fsp3) is 0.435. The molecule has 0 radical (unpaired) electrons. The lowest BCUT2D eigenvalue weighted by Crippen LogP contribution is -2.37. The predicted octanol–water partition coefficient (Wildman–Crippen LogP) is 6.46. The van der Waals surface area contributed by atoms with Gasteiger partial charge in [0.05, 0.1) is 22.6 Å². The molecule has 1 atom stereocenters. The summed E-state index contributed by atoms with van der Waals surface area (Å²) < 4.78 is 49.7. The Morgan fingerprint density at radius 2 is 1.94 bits per heavy atom. The van der Waals surface area contributed by atoms with Crippen LogP contribution in [0.3, 0.4) is 0 Å². The van der Waals surface area contributed by atoms with Crippen LogP contribution in [0.15, 0.2) is 24.3 Å². The number of alkyl halides is 3. The number of nitrogens with one attached hydrogen (secondary N) is 1. The van der Waals surface area contributed by atoms with Gasteiger partial charge in [-0.1, -0.05) is 6.07 Å². The minimum atomic E-state index is -4.59. The summed E-state index contributed by atoms with van der Waals surface area (Å²) in [6, 6.07) is 3.40. The van der Waals surface area contributed by atoms with Crippen molar-refractivity contribution in [1.82, 2.24) is 4.90 Å². The Balaban J connectivity index is 1.95. The van der Waals surface area contributed by atoms with Gasteiger partial charge >= 0.3 is 24.3 Å². The maximum atomic E-state index is 13.0. The Kier molecular flexibility index (Phi) is 7.93. The van der Waals surface area contributed by atoms with E-state index in [1.54, 1.807) is 13.8 Å². The molecule has 0 bridgehead atoms. The number of thiophene rings is 1. The van der Waals surface area contributed by atoms with Gasteiger partial charge in [0.25, 0.3) is 0 Å². The molecule has 2 N–H and O–H groups in total. The summed E-state index contributed by atoms with van der Waals surface area (Å²) in [6.45, 7) is 5.17. The molecule has 1 aromatic carbocycles. The molecule has 2 aromatic rings. The normalized spacial score (nSPS) is 16.2. The number of hydrogen-bond acceptors (Lipinski definition) is 6. The number of amides is 2. The Bertz CT molecular complexity index is 1120. The van der Waals surface area contributed by atoms with E-state index in [0.717, 1.165) is 36.0 Å². The van der Waals surface area contributed by atoms with Gasteiger partial charge in [-0.05, 0) is 58.2 Å². The monoisotopic (exact) mass is 514 g/mol. The maximum absolute atomic E-state index is 13.0. The lowest BCUT2D eigenvalue weighted by molar-refractivity contribution is -0.137. The molecule has 190 valence electrons.